The van der Waals surface area contributed by atoms with Crippen molar-refractivity contribution in [3.8, 4) is 5.75 Å². The maximum atomic E-state index is 12.6. The molecule has 0 fully saturated rings. The smallest absolute Gasteiger partial charge is 0.256 e. The van der Waals surface area contributed by atoms with Crippen LogP contribution >= 0.6 is 0 Å². The minimum Gasteiger partial charge on any atom is -0.491 e. The van der Waals surface area contributed by atoms with Gasteiger partial charge in [-0.25, -0.2) is 9.98 Å². The number of carbonyl (C=O) groups excluding carboxylic acids is 1. The van der Waals surface area contributed by atoms with E-state index in [1.165, 1.54) is 6.39 Å². The molecule has 29 heavy (non-hydrogen) atoms. The monoisotopic (exact) mass is 389 g/mol. The average molecular weight is 389 g/mol. The Kier molecular flexibility index (Phi) is 4.92. The van der Waals surface area contributed by atoms with Crippen LogP contribution in [0.3, 0.4) is 0 Å². The quantitative estimate of drug-likeness (QED) is 0.815. The molecule has 1 aromatic heterocycles. The number of nitrogens with zero attached hydrogens (tertiary/aromatic N) is 2. The standard InChI is InChI=1S/C23H23N3O3/c1-15(2)29-19-6-4-16(5-7-19)22(27)26-21-11-18-10-17(20-12-24-14-28-20)8-9-23(18,3)13-25-21/h4-8,10-15H,9H2,1-3H3,(H,26,27). The molecule has 2 aliphatic rings. The maximum Gasteiger partial charge on any atom is 0.256 e. The van der Waals surface area contributed by atoms with E-state index in [0.717, 1.165) is 29.1 Å². The number of fused-ring (bicyclic) bond motifs is 1. The number of ether oxygens (including phenoxy) is 1. The summed E-state index contributed by atoms with van der Waals surface area (Å²) in [5.41, 5.74) is 2.39. The van der Waals surface area contributed by atoms with E-state index in [-0.39, 0.29) is 17.4 Å². The van der Waals surface area contributed by atoms with Gasteiger partial charge in [0.2, 0.25) is 0 Å². The highest BCUT2D eigenvalue weighted by molar-refractivity contribution is 5.96. The van der Waals surface area contributed by atoms with Gasteiger partial charge in [0, 0.05) is 22.8 Å². The minimum absolute atomic E-state index is 0.0883. The SMILES string of the molecule is CC(C)Oc1ccc(C(=O)NC2=CC3=CC(c4cnco4)=CCC3(C)C=N2)cc1. The normalized spacial score (nSPS) is 20.5. The lowest BCUT2D eigenvalue weighted by Gasteiger charge is -2.32. The van der Waals surface area contributed by atoms with Crippen molar-refractivity contribution in [1.82, 2.24) is 10.3 Å². The fraction of sp³-hybridized carbons (Fsp3) is 0.261. The van der Waals surface area contributed by atoms with Gasteiger partial charge >= 0.3 is 0 Å². The van der Waals surface area contributed by atoms with Crippen LogP contribution in [0.25, 0.3) is 5.57 Å². The van der Waals surface area contributed by atoms with Gasteiger partial charge in [0.05, 0.1) is 12.3 Å². The van der Waals surface area contributed by atoms with Crippen LogP contribution in [0.5, 0.6) is 5.75 Å². The molecule has 0 radical (unpaired) electrons. The molecule has 0 bridgehead atoms. The van der Waals surface area contributed by atoms with Crippen molar-refractivity contribution in [2.75, 3.05) is 0 Å². The molecule has 6 heteroatoms. The summed E-state index contributed by atoms with van der Waals surface area (Å²) >= 11 is 0. The molecular formula is C23H23N3O3. The fourth-order valence-electron chi connectivity index (χ4n) is 3.31. The number of nitrogens with one attached hydrogen (secondary N) is 1. The van der Waals surface area contributed by atoms with Crippen molar-refractivity contribution >= 4 is 17.7 Å². The molecule has 2 aromatic rings. The van der Waals surface area contributed by atoms with Crippen molar-refractivity contribution in [2.24, 2.45) is 10.4 Å². The second-order valence-electron chi connectivity index (χ2n) is 7.68. The number of amides is 1. The summed E-state index contributed by atoms with van der Waals surface area (Å²) in [6.07, 6.45) is 12.0. The van der Waals surface area contributed by atoms with Gasteiger partial charge in [-0.2, -0.15) is 0 Å². The number of rotatable bonds is 5. The molecule has 1 aliphatic heterocycles. The summed E-state index contributed by atoms with van der Waals surface area (Å²) < 4.78 is 11.0. The van der Waals surface area contributed by atoms with Gasteiger partial charge in [-0.1, -0.05) is 13.0 Å². The number of oxazole rings is 1. The summed E-state index contributed by atoms with van der Waals surface area (Å²) in [5.74, 6) is 1.77. The highest BCUT2D eigenvalue weighted by Crippen LogP contribution is 2.40. The van der Waals surface area contributed by atoms with E-state index < -0.39 is 0 Å². The van der Waals surface area contributed by atoms with Gasteiger partial charge in [-0.15, -0.1) is 0 Å². The maximum absolute atomic E-state index is 12.6. The van der Waals surface area contributed by atoms with Crippen molar-refractivity contribution in [3.63, 3.8) is 0 Å². The first-order valence-electron chi connectivity index (χ1n) is 9.59. The fourth-order valence-corrected chi connectivity index (χ4v) is 3.31. The Bertz CT molecular complexity index is 1030. The van der Waals surface area contributed by atoms with Crippen molar-refractivity contribution in [3.05, 3.63) is 77.8 Å². The van der Waals surface area contributed by atoms with Crippen LogP contribution < -0.4 is 10.1 Å². The lowest BCUT2D eigenvalue weighted by Crippen LogP contribution is -2.29. The lowest BCUT2D eigenvalue weighted by atomic mass is 9.74. The number of benzene rings is 1. The summed E-state index contributed by atoms with van der Waals surface area (Å²) in [5, 5.41) is 2.88. The zero-order chi connectivity index (χ0) is 20.4. The molecule has 2 heterocycles. The highest BCUT2D eigenvalue weighted by Gasteiger charge is 2.31. The molecular weight excluding hydrogens is 366 g/mol. The Hall–Kier alpha value is -3.41. The first-order valence-corrected chi connectivity index (χ1v) is 9.59. The Labute approximate surface area is 169 Å². The number of carbonyl (C=O) groups is 1. The second kappa shape index (κ2) is 7.54. The number of allylic oxidation sites excluding steroid dienone is 5. The van der Waals surface area contributed by atoms with Crippen LogP contribution in [0.1, 0.15) is 43.3 Å². The van der Waals surface area contributed by atoms with E-state index in [9.17, 15) is 4.79 Å². The lowest BCUT2D eigenvalue weighted by molar-refractivity contribution is 0.0965. The van der Waals surface area contributed by atoms with Gasteiger partial charge in [-0.05, 0) is 62.3 Å². The minimum atomic E-state index is -0.212. The van der Waals surface area contributed by atoms with Crippen molar-refractivity contribution in [1.29, 1.82) is 0 Å². The third-order valence-electron chi connectivity index (χ3n) is 4.94. The van der Waals surface area contributed by atoms with E-state index in [2.05, 4.69) is 34.4 Å². The number of hydrogen-bond acceptors (Lipinski definition) is 5. The molecule has 4 rings (SSSR count). The first kappa shape index (κ1) is 18.9. The average Bonchev–Trinajstić information content (AvgIpc) is 3.23. The topological polar surface area (TPSA) is 76.7 Å². The van der Waals surface area contributed by atoms with E-state index in [0.29, 0.717) is 11.4 Å². The Morgan fingerprint density at radius 3 is 2.72 bits per heavy atom. The molecule has 1 aliphatic carbocycles. The Morgan fingerprint density at radius 2 is 2.03 bits per heavy atom. The van der Waals surface area contributed by atoms with Gasteiger partial charge in [0.1, 0.15) is 11.6 Å². The van der Waals surface area contributed by atoms with Crippen molar-refractivity contribution in [2.45, 2.75) is 33.3 Å². The number of aromatic nitrogens is 1. The van der Waals surface area contributed by atoms with E-state index in [1.54, 1.807) is 30.5 Å². The third kappa shape index (κ3) is 4.06. The molecule has 6 nitrogen and oxygen atoms in total. The Morgan fingerprint density at radius 1 is 1.24 bits per heavy atom. The van der Waals surface area contributed by atoms with Crippen LogP contribution in [-0.2, 0) is 0 Å². The van der Waals surface area contributed by atoms with Crippen LogP contribution in [-0.4, -0.2) is 23.2 Å². The molecule has 148 valence electrons. The van der Waals surface area contributed by atoms with E-state index in [1.807, 2.05) is 26.1 Å². The molecule has 0 saturated carbocycles. The van der Waals surface area contributed by atoms with Gasteiger partial charge in [-0.3, -0.25) is 4.79 Å². The third-order valence-corrected chi connectivity index (χ3v) is 4.94. The molecule has 1 unspecified atom stereocenters. The van der Waals surface area contributed by atoms with Crippen LogP contribution in [0.2, 0.25) is 0 Å². The summed E-state index contributed by atoms with van der Waals surface area (Å²) in [7, 11) is 0. The predicted molar refractivity (Wildman–Crippen MR) is 112 cm³/mol. The molecule has 1 atom stereocenters. The van der Waals surface area contributed by atoms with Crippen LogP contribution in [0, 0.1) is 5.41 Å². The second-order valence-corrected chi connectivity index (χ2v) is 7.68. The van der Waals surface area contributed by atoms with Crippen LogP contribution in [0.4, 0.5) is 0 Å². The molecule has 0 saturated heterocycles. The van der Waals surface area contributed by atoms with Gasteiger partial charge in [0.25, 0.3) is 5.91 Å². The number of hydrogen-bond donors (Lipinski definition) is 1. The summed E-state index contributed by atoms with van der Waals surface area (Å²) in [4.78, 5) is 21.1. The Balaban J connectivity index is 1.51. The summed E-state index contributed by atoms with van der Waals surface area (Å²) in [6.45, 7) is 6.05. The van der Waals surface area contributed by atoms with Gasteiger partial charge in [0.15, 0.2) is 12.2 Å². The zero-order valence-electron chi connectivity index (χ0n) is 16.7. The first-order chi connectivity index (χ1) is 13.9. The molecule has 1 N–H and O–H groups in total. The summed E-state index contributed by atoms with van der Waals surface area (Å²) in [6, 6.07) is 7.08. The molecule has 0 spiro atoms. The number of aliphatic imine (C=N–C) groups is 1. The predicted octanol–water partition coefficient (Wildman–Crippen LogP) is 4.54. The van der Waals surface area contributed by atoms with E-state index in [4.69, 9.17) is 9.15 Å². The highest BCUT2D eigenvalue weighted by atomic mass is 16.5. The molecule has 1 amide bonds. The van der Waals surface area contributed by atoms with Crippen molar-refractivity contribution < 1.29 is 13.9 Å². The molecule has 1 aromatic carbocycles. The zero-order valence-corrected chi connectivity index (χ0v) is 16.7. The van der Waals surface area contributed by atoms with E-state index >= 15 is 0 Å². The van der Waals surface area contributed by atoms with Crippen LogP contribution in [0.15, 0.2) is 75.9 Å². The van der Waals surface area contributed by atoms with Gasteiger partial charge < -0.3 is 14.5 Å². The largest absolute Gasteiger partial charge is 0.491 e.